The molecule has 2 fully saturated rings. The maximum absolute atomic E-state index is 12.9. The van der Waals surface area contributed by atoms with E-state index < -0.39 is 0 Å². The molecule has 6 heteroatoms. The number of amides is 1. The average molecular weight is 352 g/mol. The summed E-state index contributed by atoms with van der Waals surface area (Å²) in [6.45, 7) is 4.77. The lowest BCUT2D eigenvalue weighted by Crippen LogP contribution is -2.36. The Morgan fingerprint density at radius 2 is 1.92 bits per heavy atom. The summed E-state index contributed by atoms with van der Waals surface area (Å²) in [6, 6.07) is 8.00. The highest BCUT2D eigenvalue weighted by molar-refractivity contribution is 5.93. The lowest BCUT2D eigenvalue weighted by atomic mass is 10.00. The predicted octanol–water partition coefficient (Wildman–Crippen LogP) is 2.02. The van der Waals surface area contributed by atoms with Crippen LogP contribution in [-0.4, -0.2) is 60.2 Å². The summed E-state index contributed by atoms with van der Waals surface area (Å²) in [5.74, 6) is 0.543. The van der Waals surface area contributed by atoms with Gasteiger partial charge in [-0.1, -0.05) is 0 Å². The van der Waals surface area contributed by atoms with Crippen LogP contribution in [0.3, 0.4) is 0 Å². The zero-order valence-corrected chi connectivity index (χ0v) is 14.9. The molecule has 0 aliphatic carbocycles. The monoisotopic (exact) mass is 352 g/mol. The summed E-state index contributed by atoms with van der Waals surface area (Å²) < 4.78 is 5.40. The molecule has 2 aliphatic rings. The molecule has 136 valence electrons. The third-order valence-electron chi connectivity index (χ3n) is 5.19. The van der Waals surface area contributed by atoms with Gasteiger partial charge in [-0.3, -0.25) is 14.8 Å². The first-order valence-corrected chi connectivity index (χ1v) is 9.26. The topological polar surface area (TPSA) is 58.6 Å². The smallest absolute Gasteiger partial charge is 0.272 e. The molecule has 0 aromatic carbocycles. The number of likely N-dealkylation sites (tertiary alicyclic amines) is 1. The number of aromatic nitrogens is 2. The van der Waals surface area contributed by atoms with Crippen LogP contribution in [0.15, 0.2) is 42.9 Å². The van der Waals surface area contributed by atoms with Crippen LogP contribution in [-0.2, 0) is 11.2 Å². The highest BCUT2D eigenvalue weighted by atomic mass is 16.5. The van der Waals surface area contributed by atoms with E-state index in [1.165, 1.54) is 5.56 Å². The van der Waals surface area contributed by atoms with Crippen LogP contribution in [0, 0.1) is 5.92 Å². The van der Waals surface area contributed by atoms with Crippen LogP contribution < -0.4 is 4.90 Å². The molecular weight excluding hydrogens is 328 g/mol. The molecule has 1 unspecified atom stereocenters. The van der Waals surface area contributed by atoms with Gasteiger partial charge in [-0.05, 0) is 48.6 Å². The normalized spacial score (nSPS) is 20.4. The number of morpholine rings is 1. The first-order chi connectivity index (χ1) is 12.8. The molecule has 0 bridgehead atoms. The highest BCUT2D eigenvalue weighted by Gasteiger charge is 2.28. The third kappa shape index (κ3) is 3.85. The van der Waals surface area contributed by atoms with Crippen LogP contribution in [0.1, 0.15) is 22.5 Å². The highest BCUT2D eigenvalue weighted by Crippen LogP contribution is 2.23. The Balaban J connectivity index is 1.40. The van der Waals surface area contributed by atoms with Gasteiger partial charge in [0.1, 0.15) is 5.69 Å². The molecule has 0 spiro atoms. The number of carbonyl (C=O) groups excluding carboxylic acids is 1. The zero-order chi connectivity index (χ0) is 17.8. The minimum absolute atomic E-state index is 0.0392. The molecule has 4 heterocycles. The van der Waals surface area contributed by atoms with Crippen molar-refractivity contribution in [3.8, 4) is 0 Å². The van der Waals surface area contributed by atoms with Gasteiger partial charge in [0.25, 0.3) is 5.91 Å². The van der Waals surface area contributed by atoms with Crippen LogP contribution >= 0.6 is 0 Å². The Morgan fingerprint density at radius 3 is 2.73 bits per heavy atom. The summed E-state index contributed by atoms with van der Waals surface area (Å²) >= 11 is 0. The van der Waals surface area contributed by atoms with Gasteiger partial charge in [-0.25, -0.2) is 0 Å². The molecule has 1 amide bonds. The van der Waals surface area contributed by atoms with Gasteiger partial charge >= 0.3 is 0 Å². The van der Waals surface area contributed by atoms with Crippen molar-refractivity contribution < 1.29 is 9.53 Å². The van der Waals surface area contributed by atoms with E-state index in [2.05, 4.69) is 27.0 Å². The lowest BCUT2D eigenvalue weighted by Gasteiger charge is -2.29. The fourth-order valence-electron chi connectivity index (χ4n) is 3.75. The molecule has 0 radical (unpaired) electrons. The fraction of sp³-hybridized carbons (Fsp3) is 0.450. The number of ether oxygens (including phenoxy) is 1. The maximum atomic E-state index is 12.9. The summed E-state index contributed by atoms with van der Waals surface area (Å²) in [5.41, 5.74) is 2.88. The maximum Gasteiger partial charge on any atom is 0.272 e. The van der Waals surface area contributed by atoms with E-state index in [1.54, 1.807) is 6.20 Å². The van der Waals surface area contributed by atoms with Crippen molar-refractivity contribution in [1.82, 2.24) is 14.9 Å². The number of anilines is 1. The zero-order valence-electron chi connectivity index (χ0n) is 14.9. The fourth-order valence-corrected chi connectivity index (χ4v) is 3.75. The van der Waals surface area contributed by atoms with Crippen molar-refractivity contribution in [2.45, 2.75) is 12.8 Å². The van der Waals surface area contributed by atoms with Crippen molar-refractivity contribution in [2.24, 2.45) is 5.92 Å². The van der Waals surface area contributed by atoms with Crippen molar-refractivity contribution in [1.29, 1.82) is 0 Å². The van der Waals surface area contributed by atoms with Gasteiger partial charge in [0.2, 0.25) is 0 Å². The molecule has 0 N–H and O–H groups in total. The van der Waals surface area contributed by atoms with E-state index in [9.17, 15) is 4.79 Å². The Kier molecular flexibility index (Phi) is 5.11. The molecule has 6 nitrogen and oxygen atoms in total. The van der Waals surface area contributed by atoms with Gasteiger partial charge < -0.3 is 14.5 Å². The van der Waals surface area contributed by atoms with E-state index in [0.29, 0.717) is 11.6 Å². The minimum Gasteiger partial charge on any atom is -0.378 e. The Bertz CT molecular complexity index is 746. The number of hydrogen-bond acceptors (Lipinski definition) is 5. The SMILES string of the molecule is O=C(c1cc(N2CCOCC2)ccn1)N1CCC(Cc2ccncc2)C1. The number of pyridine rings is 2. The Labute approximate surface area is 153 Å². The van der Waals surface area contributed by atoms with E-state index in [-0.39, 0.29) is 5.91 Å². The van der Waals surface area contributed by atoms with Gasteiger partial charge in [0, 0.05) is 50.5 Å². The van der Waals surface area contributed by atoms with Crippen LogP contribution in [0.5, 0.6) is 0 Å². The van der Waals surface area contributed by atoms with Crippen LogP contribution in [0.2, 0.25) is 0 Å². The standard InChI is InChI=1S/C20H24N4O2/c25-20(19-14-18(3-7-22-19)23-9-11-26-12-10-23)24-8-4-17(15-24)13-16-1-5-21-6-2-16/h1-3,5-7,14,17H,4,8-13,15H2. The molecule has 0 saturated carbocycles. The van der Waals surface area contributed by atoms with E-state index >= 15 is 0 Å². The second kappa shape index (κ2) is 7.83. The molecular formula is C20H24N4O2. The van der Waals surface area contributed by atoms with Crippen LogP contribution in [0.25, 0.3) is 0 Å². The van der Waals surface area contributed by atoms with Crippen molar-refractivity contribution in [3.63, 3.8) is 0 Å². The summed E-state index contributed by atoms with van der Waals surface area (Å²) in [6.07, 6.45) is 7.43. The number of rotatable bonds is 4. The Hall–Kier alpha value is -2.47. The second-order valence-corrected chi connectivity index (χ2v) is 6.96. The molecule has 2 aliphatic heterocycles. The van der Waals surface area contributed by atoms with E-state index in [0.717, 1.165) is 57.9 Å². The van der Waals surface area contributed by atoms with E-state index in [1.807, 2.05) is 29.4 Å². The van der Waals surface area contributed by atoms with Crippen molar-refractivity contribution in [3.05, 3.63) is 54.1 Å². The molecule has 4 rings (SSSR count). The molecule has 2 aromatic heterocycles. The summed E-state index contributed by atoms with van der Waals surface area (Å²) in [5, 5.41) is 0. The van der Waals surface area contributed by atoms with Gasteiger partial charge in [0.05, 0.1) is 13.2 Å². The third-order valence-corrected chi connectivity index (χ3v) is 5.19. The first-order valence-electron chi connectivity index (χ1n) is 9.26. The molecule has 2 saturated heterocycles. The van der Waals surface area contributed by atoms with Crippen molar-refractivity contribution >= 4 is 11.6 Å². The molecule has 26 heavy (non-hydrogen) atoms. The summed E-state index contributed by atoms with van der Waals surface area (Å²) in [4.78, 5) is 25.5. The second-order valence-electron chi connectivity index (χ2n) is 6.96. The van der Waals surface area contributed by atoms with E-state index in [4.69, 9.17) is 4.74 Å². The van der Waals surface area contributed by atoms with Gasteiger partial charge in [-0.2, -0.15) is 0 Å². The Morgan fingerprint density at radius 1 is 1.12 bits per heavy atom. The number of hydrogen-bond donors (Lipinski definition) is 0. The minimum atomic E-state index is 0.0392. The van der Waals surface area contributed by atoms with Crippen molar-refractivity contribution in [2.75, 3.05) is 44.3 Å². The quantitative estimate of drug-likeness (QED) is 0.843. The summed E-state index contributed by atoms with van der Waals surface area (Å²) in [7, 11) is 0. The average Bonchev–Trinajstić information content (AvgIpc) is 3.17. The number of carbonyl (C=O) groups is 1. The van der Waals surface area contributed by atoms with Gasteiger partial charge in [-0.15, -0.1) is 0 Å². The predicted molar refractivity (Wildman–Crippen MR) is 99.2 cm³/mol. The van der Waals surface area contributed by atoms with Crippen LogP contribution in [0.4, 0.5) is 5.69 Å². The molecule has 1 atom stereocenters. The number of nitrogens with zero attached hydrogens (tertiary/aromatic N) is 4. The largest absolute Gasteiger partial charge is 0.378 e. The first kappa shape index (κ1) is 17.0. The lowest BCUT2D eigenvalue weighted by molar-refractivity contribution is 0.0781. The van der Waals surface area contributed by atoms with Gasteiger partial charge in [0.15, 0.2) is 0 Å². The molecule has 2 aromatic rings.